The summed E-state index contributed by atoms with van der Waals surface area (Å²) in [6.45, 7) is 9.11. The topological polar surface area (TPSA) is 95.8 Å². The Morgan fingerprint density at radius 2 is 1.54 bits per heavy atom. The smallest absolute Gasteiger partial charge is 0.270 e. The van der Waals surface area contributed by atoms with Crippen LogP contribution >= 0.6 is 11.6 Å². The molecule has 37 heavy (non-hydrogen) atoms. The van der Waals surface area contributed by atoms with Gasteiger partial charge in [0.25, 0.3) is 17.5 Å². The molecule has 9 heteroatoms. The molecule has 2 amide bonds. The molecule has 1 aliphatic rings. The van der Waals surface area contributed by atoms with E-state index in [1.54, 1.807) is 12.1 Å². The molecule has 3 aromatic rings. The first-order valence-electron chi connectivity index (χ1n) is 12.0. The molecule has 0 aromatic heterocycles. The van der Waals surface area contributed by atoms with Crippen molar-refractivity contribution in [1.82, 2.24) is 4.90 Å². The number of anilines is 2. The molecule has 1 saturated heterocycles. The number of non-ortho nitro benzene ring substituents is 1. The molecule has 0 radical (unpaired) electrons. The Kier molecular flexibility index (Phi) is 7.50. The molecule has 0 spiro atoms. The summed E-state index contributed by atoms with van der Waals surface area (Å²) in [5.41, 5.74) is 3.50. The lowest BCUT2D eigenvalue weighted by molar-refractivity contribution is -0.384. The van der Waals surface area contributed by atoms with Crippen molar-refractivity contribution in [2.75, 3.05) is 36.4 Å². The summed E-state index contributed by atoms with van der Waals surface area (Å²) in [5.74, 6) is -0.404. The molecule has 0 aliphatic carbocycles. The fourth-order valence-corrected chi connectivity index (χ4v) is 4.48. The standard InChI is InChI=1S/C28H29ClN4O4/c1-28(2,3)20-6-4-19(5-7-20)27(35)32-16-14-31(15-17-32)22-10-8-21(9-11-22)30-26(34)24-13-12-23(33(36)37)18-25(24)29/h4-13,18H,14-17H2,1-3H3,(H,30,34). The maximum atomic E-state index is 13.0. The number of carbonyl (C=O) groups is 2. The van der Waals surface area contributed by atoms with E-state index in [9.17, 15) is 19.7 Å². The van der Waals surface area contributed by atoms with Crippen LogP contribution in [-0.4, -0.2) is 47.8 Å². The van der Waals surface area contributed by atoms with Crippen LogP contribution in [0.2, 0.25) is 5.02 Å². The summed E-state index contributed by atoms with van der Waals surface area (Å²) in [5, 5.41) is 13.6. The van der Waals surface area contributed by atoms with Gasteiger partial charge >= 0.3 is 0 Å². The van der Waals surface area contributed by atoms with Gasteiger partial charge in [-0.3, -0.25) is 19.7 Å². The van der Waals surface area contributed by atoms with E-state index in [1.165, 1.54) is 17.7 Å². The zero-order valence-electron chi connectivity index (χ0n) is 21.0. The second-order valence-corrected chi connectivity index (χ2v) is 10.4. The van der Waals surface area contributed by atoms with Crippen molar-refractivity contribution in [1.29, 1.82) is 0 Å². The maximum Gasteiger partial charge on any atom is 0.270 e. The van der Waals surface area contributed by atoms with Gasteiger partial charge in [0.2, 0.25) is 0 Å². The number of benzene rings is 3. The Bertz CT molecular complexity index is 1310. The minimum Gasteiger partial charge on any atom is -0.368 e. The van der Waals surface area contributed by atoms with Crippen molar-refractivity contribution < 1.29 is 14.5 Å². The van der Waals surface area contributed by atoms with Crippen LogP contribution in [0, 0.1) is 10.1 Å². The molecule has 1 N–H and O–H groups in total. The first kappa shape index (κ1) is 26.2. The largest absolute Gasteiger partial charge is 0.368 e. The number of nitrogens with one attached hydrogen (secondary N) is 1. The van der Waals surface area contributed by atoms with E-state index < -0.39 is 10.8 Å². The number of nitro benzene ring substituents is 1. The van der Waals surface area contributed by atoms with Crippen LogP contribution in [0.4, 0.5) is 17.1 Å². The highest BCUT2D eigenvalue weighted by Gasteiger charge is 2.23. The highest BCUT2D eigenvalue weighted by molar-refractivity contribution is 6.34. The third-order valence-electron chi connectivity index (χ3n) is 6.46. The summed E-state index contributed by atoms with van der Waals surface area (Å²) in [7, 11) is 0. The Morgan fingerprint density at radius 3 is 2.08 bits per heavy atom. The number of halogens is 1. The van der Waals surface area contributed by atoms with Crippen molar-refractivity contribution in [2.24, 2.45) is 0 Å². The van der Waals surface area contributed by atoms with Crippen LogP contribution in [0.1, 0.15) is 47.1 Å². The van der Waals surface area contributed by atoms with Crippen molar-refractivity contribution >= 4 is 40.5 Å². The van der Waals surface area contributed by atoms with Crippen LogP contribution in [0.15, 0.2) is 66.7 Å². The first-order chi connectivity index (χ1) is 17.5. The van der Waals surface area contributed by atoms with E-state index in [4.69, 9.17) is 11.6 Å². The number of rotatable bonds is 5. The summed E-state index contributed by atoms with van der Waals surface area (Å²) in [6, 6.07) is 19.0. The molecule has 0 bridgehead atoms. The van der Waals surface area contributed by atoms with E-state index in [0.717, 1.165) is 11.8 Å². The van der Waals surface area contributed by atoms with E-state index in [1.807, 2.05) is 41.3 Å². The molecule has 1 fully saturated rings. The third kappa shape index (κ3) is 6.09. The summed E-state index contributed by atoms with van der Waals surface area (Å²) >= 11 is 6.06. The number of hydrogen-bond acceptors (Lipinski definition) is 5. The maximum absolute atomic E-state index is 13.0. The Balaban J connectivity index is 1.33. The zero-order valence-corrected chi connectivity index (χ0v) is 21.8. The lowest BCUT2D eigenvalue weighted by Crippen LogP contribution is -2.48. The van der Waals surface area contributed by atoms with E-state index in [2.05, 4.69) is 31.0 Å². The highest BCUT2D eigenvalue weighted by atomic mass is 35.5. The van der Waals surface area contributed by atoms with E-state index in [-0.39, 0.29) is 27.6 Å². The number of hydrogen-bond donors (Lipinski definition) is 1. The van der Waals surface area contributed by atoms with Crippen molar-refractivity contribution in [3.8, 4) is 0 Å². The quantitative estimate of drug-likeness (QED) is 0.341. The Hall–Kier alpha value is -3.91. The Morgan fingerprint density at radius 1 is 0.919 bits per heavy atom. The van der Waals surface area contributed by atoms with Gasteiger partial charge in [0.15, 0.2) is 0 Å². The van der Waals surface area contributed by atoms with Crippen LogP contribution < -0.4 is 10.2 Å². The van der Waals surface area contributed by atoms with Gasteiger partial charge in [-0.25, -0.2) is 0 Å². The van der Waals surface area contributed by atoms with Gasteiger partial charge in [-0.15, -0.1) is 0 Å². The minimum atomic E-state index is -0.563. The van der Waals surface area contributed by atoms with Crippen LogP contribution in [0.5, 0.6) is 0 Å². The molecule has 0 saturated carbocycles. The van der Waals surface area contributed by atoms with E-state index >= 15 is 0 Å². The van der Waals surface area contributed by atoms with Crippen molar-refractivity contribution in [2.45, 2.75) is 26.2 Å². The van der Waals surface area contributed by atoms with Gasteiger partial charge in [-0.05, 0) is 53.4 Å². The van der Waals surface area contributed by atoms with Crippen LogP contribution in [-0.2, 0) is 5.41 Å². The zero-order chi connectivity index (χ0) is 26.7. The molecular weight excluding hydrogens is 492 g/mol. The highest BCUT2D eigenvalue weighted by Crippen LogP contribution is 2.26. The number of nitrogens with zero attached hydrogens (tertiary/aromatic N) is 3. The van der Waals surface area contributed by atoms with Gasteiger partial charge < -0.3 is 15.1 Å². The predicted molar refractivity (Wildman–Crippen MR) is 146 cm³/mol. The van der Waals surface area contributed by atoms with Gasteiger partial charge in [0, 0.05) is 55.2 Å². The third-order valence-corrected chi connectivity index (χ3v) is 6.78. The molecule has 4 rings (SSSR count). The fourth-order valence-electron chi connectivity index (χ4n) is 4.22. The van der Waals surface area contributed by atoms with Crippen LogP contribution in [0.25, 0.3) is 0 Å². The lowest BCUT2D eigenvalue weighted by atomic mass is 9.86. The van der Waals surface area contributed by atoms with Crippen molar-refractivity contribution in [3.05, 3.63) is 98.6 Å². The number of carbonyl (C=O) groups excluding carboxylic acids is 2. The molecule has 0 atom stereocenters. The molecule has 192 valence electrons. The molecule has 8 nitrogen and oxygen atoms in total. The van der Waals surface area contributed by atoms with Gasteiger partial charge in [0.05, 0.1) is 15.5 Å². The molecule has 1 heterocycles. The predicted octanol–water partition coefficient (Wildman–Crippen LogP) is 5.76. The number of nitro groups is 1. The average molecular weight is 521 g/mol. The van der Waals surface area contributed by atoms with Gasteiger partial charge in [-0.2, -0.15) is 0 Å². The normalized spacial score (nSPS) is 13.8. The second kappa shape index (κ2) is 10.6. The van der Waals surface area contributed by atoms with Crippen molar-refractivity contribution in [3.63, 3.8) is 0 Å². The molecular formula is C28H29ClN4O4. The SMILES string of the molecule is CC(C)(C)c1ccc(C(=O)N2CCN(c3ccc(NC(=O)c4ccc([N+](=O)[O-])cc4Cl)cc3)CC2)cc1. The summed E-state index contributed by atoms with van der Waals surface area (Å²) in [4.78, 5) is 39.9. The molecule has 3 aromatic carbocycles. The van der Waals surface area contributed by atoms with Gasteiger partial charge in [0.1, 0.15) is 0 Å². The number of amides is 2. The number of piperazine rings is 1. The average Bonchev–Trinajstić information content (AvgIpc) is 2.88. The summed E-state index contributed by atoms with van der Waals surface area (Å²) in [6.07, 6.45) is 0. The summed E-state index contributed by atoms with van der Waals surface area (Å²) < 4.78 is 0. The molecule has 0 unspecified atom stereocenters. The Labute approximate surface area is 221 Å². The monoisotopic (exact) mass is 520 g/mol. The lowest BCUT2D eigenvalue weighted by Gasteiger charge is -2.36. The second-order valence-electron chi connectivity index (χ2n) is 10.0. The minimum absolute atomic E-state index is 0.0147. The first-order valence-corrected chi connectivity index (χ1v) is 12.4. The van der Waals surface area contributed by atoms with E-state index in [0.29, 0.717) is 37.4 Å². The van der Waals surface area contributed by atoms with Crippen LogP contribution in [0.3, 0.4) is 0 Å². The fraction of sp³-hybridized carbons (Fsp3) is 0.286. The van der Waals surface area contributed by atoms with Gasteiger partial charge in [-0.1, -0.05) is 44.5 Å². The molecule has 1 aliphatic heterocycles.